The summed E-state index contributed by atoms with van der Waals surface area (Å²) in [7, 11) is 0. The maximum Gasteiger partial charge on any atom is 0.176 e. The number of benzene rings is 1. The maximum absolute atomic E-state index is 12.2. The summed E-state index contributed by atoms with van der Waals surface area (Å²) in [5.41, 5.74) is 0.785. The molecule has 0 unspecified atom stereocenters. The van der Waals surface area contributed by atoms with Crippen LogP contribution in [0.15, 0.2) is 29.2 Å². The van der Waals surface area contributed by atoms with Gasteiger partial charge in [0.2, 0.25) is 0 Å². The van der Waals surface area contributed by atoms with Gasteiger partial charge >= 0.3 is 0 Å². The molecule has 1 aromatic rings. The molecule has 106 valence electrons. The Labute approximate surface area is 120 Å². The van der Waals surface area contributed by atoms with E-state index in [0.717, 1.165) is 25.3 Å². The third-order valence-corrected chi connectivity index (χ3v) is 3.73. The standard InChI is InChI=1S/C15H23NO2S/c1-4-16(10-11-18-5-2)12-15(17)13-6-8-14(19-3)9-7-13/h6-9H,4-5,10-12H2,1-3H3. The largest absolute Gasteiger partial charge is 0.380 e. The smallest absolute Gasteiger partial charge is 0.176 e. The van der Waals surface area contributed by atoms with Crippen molar-refractivity contribution in [3.63, 3.8) is 0 Å². The van der Waals surface area contributed by atoms with Crippen LogP contribution >= 0.6 is 11.8 Å². The average Bonchev–Trinajstić information content (AvgIpc) is 2.46. The zero-order valence-corrected chi connectivity index (χ0v) is 12.8. The zero-order chi connectivity index (χ0) is 14.1. The third-order valence-electron chi connectivity index (χ3n) is 2.98. The molecule has 0 heterocycles. The minimum absolute atomic E-state index is 0.172. The number of carbonyl (C=O) groups is 1. The Morgan fingerprint density at radius 3 is 2.47 bits per heavy atom. The van der Waals surface area contributed by atoms with Gasteiger partial charge in [0, 0.05) is 23.6 Å². The highest BCUT2D eigenvalue weighted by molar-refractivity contribution is 7.98. The maximum atomic E-state index is 12.2. The topological polar surface area (TPSA) is 29.5 Å². The van der Waals surface area contributed by atoms with Crippen molar-refractivity contribution in [3.8, 4) is 0 Å². The SMILES string of the molecule is CCOCCN(CC)CC(=O)c1ccc(SC)cc1. The number of hydrogen-bond acceptors (Lipinski definition) is 4. The second kappa shape index (κ2) is 9.13. The minimum Gasteiger partial charge on any atom is -0.380 e. The molecule has 0 bridgehead atoms. The van der Waals surface area contributed by atoms with Crippen molar-refractivity contribution >= 4 is 17.5 Å². The summed E-state index contributed by atoms with van der Waals surface area (Å²) in [5.74, 6) is 0.172. The summed E-state index contributed by atoms with van der Waals surface area (Å²) < 4.78 is 5.33. The average molecular weight is 281 g/mol. The van der Waals surface area contributed by atoms with Crippen molar-refractivity contribution in [2.45, 2.75) is 18.7 Å². The van der Waals surface area contributed by atoms with Crippen LogP contribution in [-0.2, 0) is 4.74 Å². The van der Waals surface area contributed by atoms with E-state index in [-0.39, 0.29) is 5.78 Å². The number of ether oxygens (including phenoxy) is 1. The van der Waals surface area contributed by atoms with Gasteiger partial charge in [0.05, 0.1) is 13.2 Å². The predicted molar refractivity (Wildman–Crippen MR) is 81.2 cm³/mol. The molecule has 0 spiro atoms. The molecule has 0 amide bonds. The van der Waals surface area contributed by atoms with Crippen molar-refractivity contribution in [3.05, 3.63) is 29.8 Å². The zero-order valence-electron chi connectivity index (χ0n) is 12.0. The number of hydrogen-bond donors (Lipinski definition) is 0. The summed E-state index contributed by atoms with van der Waals surface area (Å²) in [6.45, 7) is 7.58. The molecule has 0 radical (unpaired) electrons. The first-order valence-corrected chi connectivity index (χ1v) is 7.91. The summed E-state index contributed by atoms with van der Waals surface area (Å²) in [4.78, 5) is 15.4. The number of ketones is 1. The van der Waals surface area contributed by atoms with Crippen LogP contribution in [-0.4, -0.2) is 49.8 Å². The van der Waals surface area contributed by atoms with E-state index in [1.165, 1.54) is 4.90 Å². The molecule has 1 aromatic carbocycles. The first-order valence-electron chi connectivity index (χ1n) is 6.68. The van der Waals surface area contributed by atoms with Crippen LogP contribution in [0.2, 0.25) is 0 Å². The molecule has 0 saturated heterocycles. The monoisotopic (exact) mass is 281 g/mol. The van der Waals surface area contributed by atoms with Crippen LogP contribution < -0.4 is 0 Å². The van der Waals surface area contributed by atoms with Crippen molar-refractivity contribution in [1.29, 1.82) is 0 Å². The molecule has 0 fully saturated rings. The van der Waals surface area contributed by atoms with E-state index in [1.54, 1.807) is 11.8 Å². The van der Waals surface area contributed by atoms with Crippen LogP contribution in [0.4, 0.5) is 0 Å². The lowest BCUT2D eigenvalue weighted by Gasteiger charge is -2.19. The lowest BCUT2D eigenvalue weighted by atomic mass is 10.1. The van der Waals surface area contributed by atoms with Crippen LogP contribution in [0.1, 0.15) is 24.2 Å². The fourth-order valence-electron chi connectivity index (χ4n) is 1.76. The summed E-state index contributed by atoms with van der Waals surface area (Å²) >= 11 is 1.68. The Balaban J connectivity index is 2.51. The predicted octanol–water partition coefficient (Wildman–Crippen LogP) is 2.95. The highest BCUT2D eigenvalue weighted by Gasteiger charge is 2.11. The Bertz CT molecular complexity index is 378. The van der Waals surface area contributed by atoms with Gasteiger partial charge in [0.1, 0.15) is 0 Å². The summed E-state index contributed by atoms with van der Waals surface area (Å²) in [6, 6.07) is 7.80. The lowest BCUT2D eigenvalue weighted by molar-refractivity contribution is 0.0867. The van der Waals surface area contributed by atoms with Gasteiger partial charge in [0.25, 0.3) is 0 Å². The second-order valence-electron chi connectivity index (χ2n) is 4.22. The van der Waals surface area contributed by atoms with Crippen LogP contribution in [0.3, 0.4) is 0 Å². The quantitative estimate of drug-likeness (QED) is 0.395. The van der Waals surface area contributed by atoms with E-state index in [9.17, 15) is 4.79 Å². The Hall–Kier alpha value is -0.840. The Morgan fingerprint density at radius 2 is 1.95 bits per heavy atom. The molecular formula is C15H23NO2S. The minimum atomic E-state index is 0.172. The van der Waals surface area contributed by atoms with Gasteiger partial charge in [-0.2, -0.15) is 0 Å². The summed E-state index contributed by atoms with van der Waals surface area (Å²) in [6.07, 6.45) is 2.03. The molecular weight excluding hydrogens is 258 g/mol. The van der Waals surface area contributed by atoms with Gasteiger partial charge in [-0.1, -0.05) is 19.1 Å². The van der Waals surface area contributed by atoms with Crippen molar-refractivity contribution in [1.82, 2.24) is 4.90 Å². The van der Waals surface area contributed by atoms with E-state index >= 15 is 0 Å². The van der Waals surface area contributed by atoms with Gasteiger partial charge in [0.15, 0.2) is 5.78 Å². The second-order valence-corrected chi connectivity index (χ2v) is 5.10. The molecule has 0 atom stereocenters. The first-order chi connectivity index (χ1) is 9.21. The molecule has 0 aliphatic heterocycles. The molecule has 0 aliphatic rings. The van der Waals surface area contributed by atoms with Crippen molar-refractivity contribution in [2.75, 3.05) is 39.1 Å². The van der Waals surface area contributed by atoms with Crippen LogP contribution in [0, 0.1) is 0 Å². The van der Waals surface area contributed by atoms with Crippen molar-refractivity contribution < 1.29 is 9.53 Å². The van der Waals surface area contributed by atoms with Gasteiger partial charge in [-0.15, -0.1) is 11.8 Å². The molecule has 1 rings (SSSR count). The normalized spacial score (nSPS) is 10.9. The lowest BCUT2D eigenvalue weighted by Crippen LogP contribution is -2.32. The van der Waals surface area contributed by atoms with Gasteiger partial charge in [-0.25, -0.2) is 0 Å². The van der Waals surface area contributed by atoms with Crippen molar-refractivity contribution in [2.24, 2.45) is 0 Å². The number of Topliss-reactive ketones (excluding diaryl/α,β-unsaturated/α-hetero) is 1. The molecule has 0 saturated carbocycles. The number of likely N-dealkylation sites (N-methyl/N-ethyl adjacent to an activating group) is 1. The number of carbonyl (C=O) groups excluding carboxylic acids is 1. The summed E-state index contributed by atoms with van der Waals surface area (Å²) in [5, 5.41) is 0. The molecule has 0 N–H and O–H groups in total. The fourth-order valence-corrected chi connectivity index (χ4v) is 2.17. The van der Waals surface area contributed by atoms with Crippen LogP contribution in [0.25, 0.3) is 0 Å². The third kappa shape index (κ3) is 5.76. The molecule has 19 heavy (non-hydrogen) atoms. The van der Waals surface area contributed by atoms with E-state index in [1.807, 2.05) is 37.4 Å². The van der Waals surface area contributed by atoms with E-state index in [0.29, 0.717) is 13.2 Å². The molecule has 4 heteroatoms. The van der Waals surface area contributed by atoms with E-state index in [4.69, 9.17) is 4.74 Å². The number of thioether (sulfide) groups is 1. The molecule has 3 nitrogen and oxygen atoms in total. The van der Waals surface area contributed by atoms with E-state index in [2.05, 4.69) is 11.8 Å². The highest BCUT2D eigenvalue weighted by atomic mass is 32.2. The Morgan fingerprint density at radius 1 is 1.26 bits per heavy atom. The first kappa shape index (κ1) is 16.2. The molecule has 0 aliphatic carbocycles. The van der Waals surface area contributed by atoms with Gasteiger partial charge < -0.3 is 4.74 Å². The fraction of sp³-hybridized carbons (Fsp3) is 0.533. The Kier molecular flexibility index (Phi) is 7.79. The van der Waals surface area contributed by atoms with Crippen LogP contribution in [0.5, 0.6) is 0 Å². The molecule has 0 aromatic heterocycles. The highest BCUT2D eigenvalue weighted by Crippen LogP contribution is 2.15. The van der Waals surface area contributed by atoms with Gasteiger partial charge in [-0.05, 0) is 31.9 Å². The number of rotatable bonds is 9. The number of nitrogens with zero attached hydrogens (tertiary/aromatic N) is 1. The van der Waals surface area contributed by atoms with Gasteiger partial charge in [-0.3, -0.25) is 9.69 Å². The van der Waals surface area contributed by atoms with E-state index < -0.39 is 0 Å².